The Labute approximate surface area is 86.8 Å². The molecule has 3 aromatic heterocycles. The average Bonchev–Trinajstić information content (AvgIpc) is 2.83. The summed E-state index contributed by atoms with van der Waals surface area (Å²) in [7, 11) is 1.90. The summed E-state index contributed by atoms with van der Waals surface area (Å²) < 4.78 is 3.78. The molecule has 4 nitrogen and oxygen atoms in total. The van der Waals surface area contributed by atoms with E-state index in [1.165, 1.54) is 0 Å². The molecule has 0 fully saturated rings. The van der Waals surface area contributed by atoms with Crippen molar-refractivity contribution in [2.45, 2.75) is 0 Å². The highest BCUT2D eigenvalue weighted by molar-refractivity contribution is 5.76. The third-order valence-electron chi connectivity index (χ3n) is 2.42. The molecule has 0 unspecified atom stereocenters. The van der Waals surface area contributed by atoms with E-state index in [1.54, 1.807) is 4.68 Å². The van der Waals surface area contributed by atoms with E-state index in [0.717, 1.165) is 16.8 Å². The van der Waals surface area contributed by atoms with Crippen LogP contribution in [0.4, 0.5) is 0 Å². The minimum Gasteiger partial charge on any atom is -0.306 e. The molecule has 15 heavy (non-hydrogen) atoms. The molecule has 0 atom stereocenters. The van der Waals surface area contributed by atoms with Gasteiger partial charge < -0.3 is 4.40 Å². The number of rotatable bonds is 1. The minimum absolute atomic E-state index is 0.976. The van der Waals surface area contributed by atoms with E-state index in [-0.39, 0.29) is 0 Å². The lowest BCUT2D eigenvalue weighted by atomic mass is 10.2. The lowest BCUT2D eigenvalue weighted by molar-refractivity contribution is 0.768. The van der Waals surface area contributed by atoms with E-state index in [0.29, 0.717) is 0 Å². The van der Waals surface area contributed by atoms with Crippen molar-refractivity contribution in [2.75, 3.05) is 0 Å². The topological polar surface area (TPSA) is 35.1 Å². The molecule has 0 aromatic carbocycles. The van der Waals surface area contributed by atoms with E-state index < -0.39 is 0 Å². The maximum Gasteiger partial charge on any atom is 0.0999 e. The number of fused-ring (bicyclic) bond motifs is 1. The van der Waals surface area contributed by atoms with Gasteiger partial charge in [0.2, 0.25) is 0 Å². The van der Waals surface area contributed by atoms with Gasteiger partial charge in [-0.15, -0.1) is 0 Å². The molecule has 0 amide bonds. The van der Waals surface area contributed by atoms with Crippen LogP contribution in [0.25, 0.3) is 16.8 Å². The standard InChI is InChI=1S/C11H10N4/c1-14-7-9(6-13-14)11-10-4-2-3-5-15(10)8-12-11/h2-8H,1H3. The Morgan fingerprint density at radius 3 is 3.00 bits per heavy atom. The van der Waals surface area contributed by atoms with Crippen LogP contribution in [0.3, 0.4) is 0 Å². The van der Waals surface area contributed by atoms with Crippen molar-refractivity contribution < 1.29 is 0 Å². The van der Waals surface area contributed by atoms with Crippen molar-refractivity contribution in [3.8, 4) is 11.3 Å². The SMILES string of the molecule is Cn1cc(-c2ncn3ccccc23)cn1. The second-order valence-electron chi connectivity index (χ2n) is 3.49. The summed E-state index contributed by atoms with van der Waals surface area (Å²) in [4.78, 5) is 4.39. The average molecular weight is 198 g/mol. The molecule has 0 N–H and O–H groups in total. The Morgan fingerprint density at radius 2 is 2.20 bits per heavy atom. The van der Waals surface area contributed by atoms with Crippen LogP contribution in [0, 0.1) is 0 Å². The molecule has 0 saturated carbocycles. The summed E-state index contributed by atoms with van der Waals surface area (Å²) in [6.45, 7) is 0. The number of pyridine rings is 1. The molecular formula is C11H10N4. The number of nitrogens with zero attached hydrogens (tertiary/aromatic N) is 4. The van der Waals surface area contributed by atoms with Gasteiger partial charge in [-0.2, -0.15) is 5.10 Å². The Balaban J connectivity index is 2.27. The second-order valence-corrected chi connectivity index (χ2v) is 3.49. The van der Waals surface area contributed by atoms with Gasteiger partial charge in [-0.05, 0) is 12.1 Å². The number of hydrogen-bond acceptors (Lipinski definition) is 2. The zero-order chi connectivity index (χ0) is 10.3. The van der Waals surface area contributed by atoms with Crippen LogP contribution in [0.15, 0.2) is 43.1 Å². The van der Waals surface area contributed by atoms with E-state index in [4.69, 9.17) is 0 Å². The van der Waals surface area contributed by atoms with Gasteiger partial charge in [-0.1, -0.05) is 6.07 Å². The lowest BCUT2D eigenvalue weighted by Crippen LogP contribution is -1.84. The molecule has 3 heterocycles. The smallest absolute Gasteiger partial charge is 0.0999 e. The van der Waals surface area contributed by atoms with E-state index in [1.807, 2.05) is 48.5 Å². The molecule has 0 spiro atoms. The fraction of sp³-hybridized carbons (Fsp3) is 0.0909. The van der Waals surface area contributed by atoms with Gasteiger partial charge >= 0.3 is 0 Å². The zero-order valence-corrected chi connectivity index (χ0v) is 8.33. The molecule has 0 aliphatic heterocycles. The van der Waals surface area contributed by atoms with Crippen molar-refractivity contribution in [2.24, 2.45) is 7.05 Å². The van der Waals surface area contributed by atoms with Crippen LogP contribution < -0.4 is 0 Å². The second kappa shape index (κ2) is 2.95. The largest absolute Gasteiger partial charge is 0.306 e. The van der Waals surface area contributed by atoms with Gasteiger partial charge in [-0.3, -0.25) is 4.68 Å². The molecular weight excluding hydrogens is 188 g/mol. The van der Waals surface area contributed by atoms with Crippen LogP contribution in [-0.2, 0) is 7.05 Å². The first kappa shape index (κ1) is 8.23. The van der Waals surface area contributed by atoms with Crippen molar-refractivity contribution in [1.82, 2.24) is 19.2 Å². The quantitative estimate of drug-likeness (QED) is 0.597. The first-order valence-corrected chi connectivity index (χ1v) is 4.75. The fourth-order valence-electron chi connectivity index (χ4n) is 1.71. The predicted octanol–water partition coefficient (Wildman–Crippen LogP) is 1.73. The van der Waals surface area contributed by atoms with Gasteiger partial charge in [0.05, 0.1) is 23.7 Å². The molecule has 0 radical (unpaired) electrons. The molecule has 0 bridgehead atoms. The Kier molecular flexibility index (Phi) is 1.62. The normalized spacial score (nSPS) is 11.0. The van der Waals surface area contributed by atoms with Crippen LogP contribution in [0.5, 0.6) is 0 Å². The minimum atomic E-state index is 0.976. The van der Waals surface area contributed by atoms with Crippen molar-refractivity contribution in [3.05, 3.63) is 43.1 Å². The third-order valence-corrected chi connectivity index (χ3v) is 2.42. The summed E-state index contributed by atoms with van der Waals surface area (Å²) in [5.41, 5.74) is 3.13. The first-order chi connectivity index (χ1) is 7.34. The van der Waals surface area contributed by atoms with Crippen molar-refractivity contribution in [3.63, 3.8) is 0 Å². The molecule has 4 heteroatoms. The fourth-order valence-corrected chi connectivity index (χ4v) is 1.71. The first-order valence-electron chi connectivity index (χ1n) is 4.75. The molecule has 74 valence electrons. The van der Waals surface area contributed by atoms with Crippen LogP contribution in [0.2, 0.25) is 0 Å². The van der Waals surface area contributed by atoms with Gasteiger partial charge in [0.25, 0.3) is 0 Å². The van der Waals surface area contributed by atoms with Gasteiger partial charge in [-0.25, -0.2) is 4.98 Å². The molecule has 0 aliphatic rings. The summed E-state index contributed by atoms with van der Waals surface area (Å²) in [6.07, 6.45) is 7.60. The third kappa shape index (κ3) is 1.22. The maximum atomic E-state index is 4.39. The van der Waals surface area contributed by atoms with Gasteiger partial charge in [0.1, 0.15) is 0 Å². The van der Waals surface area contributed by atoms with Gasteiger partial charge in [0, 0.05) is 25.0 Å². The number of aryl methyl sites for hydroxylation is 1. The van der Waals surface area contributed by atoms with Crippen LogP contribution in [0.1, 0.15) is 0 Å². The van der Waals surface area contributed by atoms with Crippen LogP contribution >= 0.6 is 0 Å². The molecule has 0 saturated heterocycles. The van der Waals surface area contributed by atoms with E-state index >= 15 is 0 Å². The highest BCUT2D eigenvalue weighted by atomic mass is 15.2. The molecule has 3 rings (SSSR count). The number of hydrogen-bond donors (Lipinski definition) is 0. The zero-order valence-electron chi connectivity index (χ0n) is 8.33. The molecule has 3 aromatic rings. The summed E-state index contributed by atoms with van der Waals surface area (Å²) in [5.74, 6) is 0. The predicted molar refractivity (Wildman–Crippen MR) is 57.4 cm³/mol. The monoisotopic (exact) mass is 198 g/mol. The Hall–Kier alpha value is -2.10. The molecule has 0 aliphatic carbocycles. The summed E-state index contributed by atoms with van der Waals surface area (Å²) >= 11 is 0. The highest BCUT2D eigenvalue weighted by Crippen LogP contribution is 2.21. The van der Waals surface area contributed by atoms with Crippen molar-refractivity contribution in [1.29, 1.82) is 0 Å². The Morgan fingerprint density at radius 1 is 1.27 bits per heavy atom. The highest BCUT2D eigenvalue weighted by Gasteiger charge is 2.07. The van der Waals surface area contributed by atoms with Crippen molar-refractivity contribution >= 4 is 5.52 Å². The number of aromatic nitrogens is 4. The maximum absolute atomic E-state index is 4.39. The van der Waals surface area contributed by atoms with Gasteiger partial charge in [0.15, 0.2) is 0 Å². The van der Waals surface area contributed by atoms with E-state index in [2.05, 4.69) is 16.1 Å². The summed E-state index contributed by atoms with van der Waals surface area (Å²) in [6, 6.07) is 6.05. The number of imidazole rings is 1. The van der Waals surface area contributed by atoms with Crippen LogP contribution in [-0.4, -0.2) is 19.2 Å². The van der Waals surface area contributed by atoms with E-state index in [9.17, 15) is 0 Å². The Bertz CT molecular complexity index is 606. The summed E-state index contributed by atoms with van der Waals surface area (Å²) in [5, 5.41) is 4.15. The lowest BCUT2D eigenvalue weighted by Gasteiger charge is -1.93.